The van der Waals surface area contributed by atoms with Crippen LogP contribution < -0.4 is 10.2 Å². The maximum absolute atomic E-state index is 11.0. The molecular weight excluding hydrogens is 608 g/mol. The van der Waals surface area contributed by atoms with Crippen molar-refractivity contribution in [3.8, 4) is 11.5 Å². The van der Waals surface area contributed by atoms with E-state index in [2.05, 4.69) is 87.6 Å². The number of para-hydroxylation sites is 2. The molecule has 0 saturated heterocycles. The van der Waals surface area contributed by atoms with Crippen LogP contribution in [0.3, 0.4) is 0 Å². The zero-order valence-electron chi connectivity index (χ0n) is 26.3. The monoisotopic (exact) mass is 649 g/mol. The summed E-state index contributed by atoms with van der Waals surface area (Å²) in [5.41, 5.74) is 12.9. The molecule has 2 aliphatic carbocycles. The molecule has 4 heteroatoms. The second kappa shape index (κ2) is 14.0. The first kappa shape index (κ1) is 32.0. The molecule has 2 nitrogen and oxygen atoms in total. The van der Waals surface area contributed by atoms with E-state index in [1.807, 2.05) is 64.1 Å². The van der Waals surface area contributed by atoms with Gasteiger partial charge in [-0.25, -0.2) is 0 Å². The van der Waals surface area contributed by atoms with Crippen LogP contribution in [0.4, 0.5) is 0 Å². The summed E-state index contributed by atoms with van der Waals surface area (Å²) in [4.78, 5) is 0. The van der Waals surface area contributed by atoms with Gasteiger partial charge in [0.05, 0.1) is 0 Å². The van der Waals surface area contributed by atoms with E-state index in [9.17, 15) is 10.2 Å². The summed E-state index contributed by atoms with van der Waals surface area (Å²) in [7, 11) is 0. The van der Waals surface area contributed by atoms with E-state index >= 15 is 0 Å². The third-order valence-electron chi connectivity index (χ3n) is 8.44. The van der Waals surface area contributed by atoms with Crippen molar-refractivity contribution in [1.82, 2.24) is 0 Å². The van der Waals surface area contributed by atoms with Gasteiger partial charge in [-0.15, -0.1) is 11.5 Å². The first-order valence-corrected chi connectivity index (χ1v) is 24.9. The Balaban J connectivity index is 0.000000184. The summed E-state index contributed by atoms with van der Waals surface area (Å²) >= 11 is -1.72. The van der Waals surface area contributed by atoms with Gasteiger partial charge >= 0.3 is 155 Å². The predicted molar refractivity (Wildman–Crippen MR) is 175 cm³/mol. The van der Waals surface area contributed by atoms with E-state index in [-0.39, 0.29) is 11.5 Å². The fourth-order valence-corrected chi connectivity index (χ4v) is 29.5. The molecule has 215 valence electrons. The molecule has 0 aliphatic heterocycles. The summed E-state index contributed by atoms with van der Waals surface area (Å²) in [5.74, 6) is -0.343. The van der Waals surface area contributed by atoms with Crippen LogP contribution >= 0.6 is 0 Å². The zero-order valence-corrected chi connectivity index (χ0v) is 29.9. The summed E-state index contributed by atoms with van der Waals surface area (Å²) in [6.07, 6.45) is 4.94. The topological polar surface area (TPSA) is 46.1 Å². The Hall–Kier alpha value is -2.94. The van der Waals surface area contributed by atoms with E-state index in [4.69, 9.17) is 0 Å². The van der Waals surface area contributed by atoms with Crippen molar-refractivity contribution in [2.75, 3.05) is 0 Å². The second-order valence-corrected chi connectivity index (χ2v) is 32.1. The quantitative estimate of drug-likeness (QED) is 0.208. The Morgan fingerprint density at radius 3 is 1.14 bits per heavy atom. The number of fused-ring (bicyclic) bond motifs is 2. The second-order valence-electron chi connectivity index (χ2n) is 12.0. The van der Waals surface area contributed by atoms with E-state index < -0.39 is 26.8 Å². The summed E-state index contributed by atoms with van der Waals surface area (Å²) < 4.78 is 1.57. The van der Waals surface area contributed by atoms with Crippen LogP contribution in [0.5, 0.6) is 11.5 Å². The number of hydrogen-bond donors (Lipinski definition) is 0. The Morgan fingerprint density at radius 2 is 0.833 bits per heavy atom. The maximum atomic E-state index is 11.0. The first-order valence-electron chi connectivity index (χ1n) is 14.9. The molecule has 2 aliphatic rings. The fourth-order valence-electron chi connectivity index (χ4n) is 6.27. The van der Waals surface area contributed by atoms with Crippen molar-refractivity contribution in [3.05, 3.63) is 141 Å². The van der Waals surface area contributed by atoms with Crippen LogP contribution in [0.15, 0.2) is 96.1 Å². The molecular formula is C38H43O2SiZr. The molecule has 4 aromatic rings. The van der Waals surface area contributed by atoms with Crippen LogP contribution in [-0.2, 0) is 20.9 Å². The smallest absolute Gasteiger partial charge is 0.0404 e. The molecule has 2 unspecified atom stereocenters. The van der Waals surface area contributed by atoms with Gasteiger partial charge in [0.25, 0.3) is 0 Å². The van der Waals surface area contributed by atoms with Gasteiger partial charge in [0.1, 0.15) is 0 Å². The van der Waals surface area contributed by atoms with Gasteiger partial charge in [0.2, 0.25) is 0 Å². The summed E-state index contributed by atoms with van der Waals surface area (Å²) in [5, 5.41) is 21.9. The molecule has 0 fully saturated rings. The Labute approximate surface area is 261 Å². The molecule has 0 spiro atoms. The van der Waals surface area contributed by atoms with Gasteiger partial charge in [-0.1, -0.05) is 58.7 Å². The van der Waals surface area contributed by atoms with Gasteiger partial charge in [0.15, 0.2) is 0 Å². The normalized spacial score (nSPS) is 16.3. The average Bonchev–Trinajstić information content (AvgIpc) is 3.47. The Morgan fingerprint density at radius 1 is 0.500 bits per heavy atom. The van der Waals surface area contributed by atoms with Crippen LogP contribution in [0.25, 0.3) is 12.2 Å². The number of rotatable bonds is 3. The van der Waals surface area contributed by atoms with Gasteiger partial charge in [-0.2, -0.15) is 0 Å². The van der Waals surface area contributed by atoms with E-state index in [0.29, 0.717) is 0 Å². The number of hydrogen-bond acceptors (Lipinski definition) is 2. The predicted octanol–water partition coefficient (Wildman–Crippen LogP) is 8.66. The molecule has 2 atom stereocenters. The molecule has 4 aromatic carbocycles. The van der Waals surface area contributed by atoms with Crippen LogP contribution in [0.1, 0.15) is 65.6 Å². The molecule has 6 rings (SSSR count). The molecule has 0 radical (unpaired) electrons. The van der Waals surface area contributed by atoms with Crippen molar-refractivity contribution in [2.24, 2.45) is 0 Å². The fraction of sp³-hybridized carbons (Fsp3) is 0.263. The third-order valence-corrected chi connectivity index (χ3v) is 30.6. The van der Waals surface area contributed by atoms with Crippen molar-refractivity contribution >= 4 is 18.1 Å². The number of aryl methyl sites for hydroxylation is 4. The molecule has 0 bridgehead atoms. The van der Waals surface area contributed by atoms with Gasteiger partial charge < -0.3 is 10.2 Å². The van der Waals surface area contributed by atoms with Crippen molar-refractivity contribution in [1.29, 1.82) is 0 Å². The summed E-state index contributed by atoms with van der Waals surface area (Å²) in [6, 6.07) is 29.4. The van der Waals surface area contributed by atoms with E-state index in [1.54, 1.807) is 22.3 Å². The SMILES string of the molecule is CC1=Cc2ccccc2[CH]1[Zr+2]([CH]1C(C)=Cc2ccccc21)[SiH](C)C.Cc1cccc(C)c1[O-].Cc1cccc(C)c1[O-]. The standard InChI is InChI=1S/2C10H9.2C8H10O.C2H7Si.Zr/c2*1-8-6-9-4-2-3-5-10(9)7-8;2*1-6-4-3-5-7(2)8(6)9;1-3-2;/h2*2-7H,1H3;2*3-5,9H,1-2H3;3H,1-2H3;/q;;;;;+2/p-2. The molecule has 42 heavy (non-hydrogen) atoms. The largest absolute Gasteiger partial charge is 0.872 e. The van der Waals surface area contributed by atoms with Crippen LogP contribution in [0, 0.1) is 27.7 Å². The minimum atomic E-state index is -1.72. The average molecular weight is 651 g/mol. The van der Waals surface area contributed by atoms with Gasteiger partial charge in [-0.05, 0) is 27.7 Å². The van der Waals surface area contributed by atoms with Crippen molar-refractivity contribution < 1.29 is 31.1 Å². The molecule has 0 amide bonds. The van der Waals surface area contributed by atoms with Crippen molar-refractivity contribution in [3.63, 3.8) is 0 Å². The van der Waals surface area contributed by atoms with Gasteiger partial charge in [0, 0.05) is 0 Å². The van der Waals surface area contributed by atoms with E-state index in [1.165, 1.54) is 11.1 Å². The van der Waals surface area contributed by atoms with Crippen molar-refractivity contribution in [2.45, 2.75) is 61.9 Å². The molecule has 0 saturated carbocycles. The Kier molecular flexibility index (Phi) is 10.7. The third kappa shape index (κ3) is 6.99. The molecule has 0 aromatic heterocycles. The summed E-state index contributed by atoms with van der Waals surface area (Å²) in [6.45, 7) is 17.3. The Bertz CT molecular complexity index is 1460. The first-order chi connectivity index (χ1) is 20.0. The minimum Gasteiger partial charge on any atom is -0.872 e. The molecule has 0 N–H and O–H groups in total. The van der Waals surface area contributed by atoms with E-state index in [0.717, 1.165) is 29.5 Å². The maximum Gasteiger partial charge on any atom is -0.0404 e. The number of allylic oxidation sites excluding steroid dienone is 2. The number of benzene rings is 4. The van der Waals surface area contributed by atoms with Crippen LogP contribution in [-0.4, -0.2) is 5.92 Å². The van der Waals surface area contributed by atoms with Crippen LogP contribution in [0.2, 0.25) is 13.1 Å². The zero-order chi connectivity index (χ0) is 30.6. The minimum absolute atomic E-state index is 0.164. The molecule has 0 heterocycles. The van der Waals surface area contributed by atoms with Gasteiger partial charge in [-0.3, -0.25) is 0 Å².